The van der Waals surface area contributed by atoms with Crippen LogP contribution in [0.15, 0.2) is 30.3 Å². The summed E-state index contributed by atoms with van der Waals surface area (Å²) in [4.78, 5) is 0. The van der Waals surface area contributed by atoms with Crippen molar-refractivity contribution in [2.24, 2.45) is 0 Å². The zero-order chi connectivity index (χ0) is 29.8. The lowest BCUT2D eigenvalue weighted by molar-refractivity contribution is 0.565. The van der Waals surface area contributed by atoms with Gasteiger partial charge in [0.1, 0.15) is 0 Å². The SMILES string of the molecule is C1=c2c(cc(=C3CCCCCCCCC3)c(=C3CCCCCCCCC3)c2=C2CCCCCCCCC2)Nc2ccccc21. The summed E-state index contributed by atoms with van der Waals surface area (Å²) < 4.78 is 0. The van der Waals surface area contributed by atoms with Crippen molar-refractivity contribution < 1.29 is 0 Å². The smallest absolute Gasteiger partial charge is 0.0470 e. The molecule has 0 unspecified atom stereocenters. The minimum atomic E-state index is 1.28. The van der Waals surface area contributed by atoms with E-state index in [1.54, 1.807) is 26.8 Å². The van der Waals surface area contributed by atoms with Gasteiger partial charge >= 0.3 is 0 Å². The van der Waals surface area contributed by atoms with Gasteiger partial charge in [0, 0.05) is 16.6 Å². The third-order valence-electron chi connectivity index (χ3n) is 11.4. The highest BCUT2D eigenvalue weighted by Gasteiger charge is 2.17. The van der Waals surface area contributed by atoms with Crippen LogP contribution in [0.5, 0.6) is 0 Å². The van der Waals surface area contributed by atoms with Gasteiger partial charge in [0.05, 0.1) is 0 Å². The van der Waals surface area contributed by atoms with Crippen molar-refractivity contribution in [3.05, 3.63) is 56.8 Å². The quantitative estimate of drug-likeness (QED) is 0.274. The highest BCUT2D eigenvalue weighted by molar-refractivity contribution is 5.79. The maximum atomic E-state index is 4.00. The normalized spacial score (nSPS) is 21.7. The molecule has 0 bridgehead atoms. The van der Waals surface area contributed by atoms with Gasteiger partial charge in [-0.2, -0.15) is 0 Å². The summed E-state index contributed by atoms with van der Waals surface area (Å²) in [5.74, 6) is 0. The van der Waals surface area contributed by atoms with Crippen molar-refractivity contribution in [1.29, 1.82) is 0 Å². The molecule has 0 atom stereocenters. The van der Waals surface area contributed by atoms with Crippen molar-refractivity contribution in [3.63, 3.8) is 0 Å². The highest BCUT2D eigenvalue weighted by Crippen LogP contribution is 2.26. The van der Waals surface area contributed by atoms with Crippen LogP contribution >= 0.6 is 0 Å². The molecular formula is C43H61N. The average Bonchev–Trinajstić information content (AvgIpc) is 3.06. The number of benzene rings is 2. The van der Waals surface area contributed by atoms with E-state index in [9.17, 15) is 0 Å². The van der Waals surface area contributed by atoms with E-state index in [0.717, 1.165) is 0 Å². The summed E-state index contributed by atoms with van der Waals surface area (Å²) in [7, 11) is 0. The van der Waals surface area contributed by atoms with Crippen molar-refractivity contribution in [3.8, 4) is 0 Å². The van der Waals surface area contributed by atoms with E-state index in [0.29, 0.717) is 0 Å². The third-order valence-corrected chi connectivity index (χ3v) is 11.4. The number of hydrogen-bond donors (Lipinski definition) is 1. The van der Waals surface area contributed by atoms with Crippen LogP contribution in [-0.4, -0.2) is 0 Å². The lowest BCUT2D eigenvalue weighted by Gasteiger charge is -2.22. The van der Waals surface area contributed by atoms with E-state index in [2.05, 4.69) is 41.7 Å². The van der Waals surface area contributed by atoms with Crippen LogP contribution in [-0.2, 0) is 0 Å². The van der Waals surface area contributed by atoms with Crippen LogP contribution in [0.1, 0.15) is 179 Å². The predicted molar refractivity (Wildman–Crippen MR) is 193 cm³/mol. The zero-order valence-corrected chi connectivity index (χ0v) is 28.1. The maximum Gasteiger partial charge on any atom is 0.0470 e. The van der Waals surface area contributed by atoms with Gasteiger partial charge in [-0.3, -0.25) is 0 Å². The first kappa shape index (κ1) is 31.7. The van der Waals surface area contributed by atoms with Crippen LogP contribution in [0, 0.1) is 0 Å². The Labute approximate surface area is 269 Å². The molecule has 4 aliphatic rings. The molecule has 1 N–H and O–H groups in total. The number of fused-ring (bicyclic) bond motifs is 2. The molecule has 0 aromatic heterocycles. The Morgan fingerprint density at radius 1 is 0.386 bits per heavy atom. The van der Waals surface area contributed by atoms with E-state index in [-0.39, 0.29) is 0 Å². The van der Waals surface area contributed by atoms with E-state index in [1.165, 1.54) is 196 Å². The van der Waals surface area contributed by atoms with Crippen LogP contribution in [0.25, 0.3) is 22.8 Å². The monoisotopic (exact) mass is 591 g/mol. The second-order valence-electron chi connectivity index (χ2n) is 14.7. The first-order valence-electron chi connectivity index (χ1n) is 19.4. The molecule has 0 spiro atoms. The van der Waals surface area contributed by atoms with Crippen molar-refractivity contribution >= 4 is 34.2 Å². The van der Waals surface area contributed by atoms with Gasteiger partial charge in [0.25, 0.3) is 0 Å². The Morgan fingerprint density at radius 2 is 0.795 bits per heavy atom. The highest BCUT2D eigenvalue weighted by atomic mass is 14.9. The molecule has 1 nitrogen and oxygen atoms in total. The number of anilines is 2. The van der Waals surface area contributed by atoms with Crippen molar-refractivity contribution in [2.45, 2.75) is 173 Å². The van der Waals surface area contributed by atoms with Gasteiger partial charge < -0.3 is 5.32 Å². The van der Waals surface area contributed by atoms with E-state index in [4.69, 9.17) is 0 Å². The van der Waals surface area contributed by atoms with Gasteiger partial charge in [-0.1, -0.05) is 131 Å². The Balaban J connectivity index is 1.69. The lowest BCUT2D eigenvalue weighted by Crippen LogP contribution is -2.53. The summed E-state index contributed by atoms with van der Waals surface area (Å²) in [6, 6.07) is 11.7. The number of rotatable bonds is 0. The second kappa shape index (κ2) is 16.9. The van der Waals surface area contributed by atoms with E-state index >= 15 is 0 Å². The minimum absolute atomic E-state index is 1.28. The van der Waals surface area contributed by atoms with Crippen LogP contribution < -0.4 is 26.2 Å². The fourth-order valence-corrected chi connectivity index (χ4v) is 8.83. The molecule has 3 fully saturated rings. The van der Waals surface area contributed by atoms with E-state index < -0.39 is 0 Å². The molecule has 238 valence electrons. The molecule has 3 saturated carbocycles. The molecule has 1 heterocycles. The average molecular weight is 592 g/mol. The molecule has 0 amide bonds. The molecule has 0 saturated heterocycles. The Hall–Kier alpha value is -2.28. The maximum absolute atomic E-state index is 4.00. The summed E-state index contributed by atoms with van der Waals surface area (Å²) >= 11 is 0. The Kier molecular flexibility index (Phi) is 12.1. The van der Waals surface area contributed by atoms with Gasteiger partial charge in [-0.25, -0.2) is 0 Å². The molecule has 2 aromatic carbocycles. The van der Waals surface area contributed by atoms with Gasteiger partial charge in [-0.15, -0.1) is 0 Å². The zero-order valence-electron chi connectivity index (χ0n) is 28.1. The first-order chi connectivity index (χ1) is 21.9. The topological polar surface area (TPSA) is 12.0 Å². The lowest BCUT2D eigenvalue weighted by atomic mass is 9.87. The molecule has 1 heteroatoms. The summed E-state index contributed by atoms with van der Waals surface area (Å²) in [6.45, 7) is 0. The summed E-state index contributed by atoms with van der Waals surface area (Å²) in [5, 5.41) is 10.6. The number of nitrogens with one attached hydrogen (secondary N) is 1. The molecule has 3 aliphatic carbocycles. The largest absolute Gasteiger partial charge is 0.355 e. The Morgan fingerprint density at radius 3 is 1.30 bits per heavy atom. The minimum Gasteiger partial charge on any atom is -0.355 e. The third kappa shape index (κ3) is 8.30. The Bertz CT molecular complexity index is 1440. The second-order valence-corrected chi connectivity index (χ2v) is 14.7. The molecular weight excluding hydrogens is 530 g/mol. The van der Waals surface area contributed by atoms with Gasteiger partial charge in [0.2, 0.25) is 0 Å². The molecule has 6 rings (SSSR count). The molecule has 2 aromatic rings. The standard InChI is InChI=1S/C43H61N/c1-4-10-16-24-34(25-17-11-5-1)38-33-41-39(32-37-30-22-23-31-40(37)44-41)43(36-28-20-14-8-3-9-15-21-29-36)42(38)35-26-18-12-6-2-7-13-19-27-35/h22-23,30-33,44H,1-21,24-29H2. The van der Waals surface area contributed by atoms with Crippen molar-refractivity contribution in [1.82, 2.24) is 0 Å². The molecule has 44 heavy (non-hydrogen) atoms. The number of hydrogen-bond acceptors (Lipinski definition) is 1. The molecule has 0 radical (unpaired) electrons. The summed E-state index contributed by atoms with van der Waals surface area (Å²) in [5.41, 5.74) is 9.43. The van der Waals surface area contributed by atoms with Crippen molar-refractivity contribution in [2.75, 3.05) is 5.32 Å². The fourth-order valence-electron chi connectivity index (χ4n) is 8.83. The van der Waals surface area contributed by atoms with Gasteiger partial charge in [0.15, 0.2) is 0 Å². The fraction of sp³-hybridized carbons (Fsp3) is 0.628. The van der Waals surface area contributed by atoms with E-state index in [1.807, 2.05) is 5.57 Å². The summed E-state index contributed by atoms with van der Waals surface area (Å²) in [6.07, 6.45) is 39.9. The van der Waals surface area contributed by atoms with Crippen LogP contribution in [0.2, 0.25) is 0 Å². The number of para-hydroxylation sites is 1. The van der Waals surface area contributed by atoms with Crippen LogP contribution in [0.4, 0.5) is 11.4 Å². The predicted octanol–water partition coefficient (Wildman–Crippen LogP) is 10.6. The van der Waals surface area contributed by atoms with Crippen LogP contribution in [0.3, 0.4) is 0 Å². The van der Waals surface area contributed by atoms with Gasteiger partial charge in [-0.05, 0) is 116 Å². The first-order valence-corrected chi connectivity index (χ1v) is 19.4. The molecule has 1 aliphatic heterocycles.